The summed E-state index contributed by atoms with van der Waals surface area (Å²) in [6.45, 7) is 9.70. The Bertz CT molecular complexity index is 423. The third-order valence-electron chi connectivity index (χ3n) is 4.11. The van der Waals surface area contributed by atoms with Gasteiger partial charge in [0.25, 0.3) is 0 Å². The van der Waals surface area contributed by atoms with Gasteiger partial charge >= 0.3 is 0 Å². The van der Waals surface area contributed by atoms with Gasteiger partial charge in [-0.2, -0.15) is 0 Å². The average Bonchev–Trinajstić information content (AvgIpc) is 2.41. The highest BCUT2D eigenvalue weighted by atomic mass is 16.3. The van der Waals surface area contributed by atoms with Gasteiger partial charge in [0, 0.05) is 30.9 Å². The van der Waals surface area contributed by atoms with Crippen molar-refractivity contribution in [3.8, 4) is 0 Å². The molecule has 1 fully saturated rings. The van der Waals surface area contributed by atoms with Gasteiger partial charge in [0.2, 0.25) is 0 Å². The summed E-state index contributed by atoms with van der Waals surface area (Å²) in [7, 11) is 2.17. The van der Waals surface area contributed by atoms with Crippen LogP contribution in [0, 0.1) is 0 Å². The molecule has 2 rings (SSSR count). The standard InChI is InChI=1S/C15H25N3O/c1-5-13-8-12(10-19)9-14(16-13)18-7-6-17(4)15(2,3)11-18/h8-9,19H,5-7,10-11H2,1-4H3. The maximum Gasteiger partial charge on any atom is 0.129 e. The van der Waals surface area contributed by atoms with E-state index >= 15 is 0 Å². The second-order valence-corrected chi connectivity index (χ2v) is 5.99. The van der Waals surface area contributed by atoms with E-state index in [1.54, 1.807) is 0 Å². The number of nitrogens with zero attached hydrogens (tertiary/aromatic N) is 3. The molecule has 19 heavy (non-hydrogen) atoms. The molecule has 0 atom stereocenters. The highest BCUT2D eigenvalue weighted by Crippen LogP contribution is 2.24. The lowest BCUT2D eigenvalue weighted by molar-refractivity contribution is 0.138. The number of hydrogen-bond donors (Lipinski definition) is 1. The first-order chi connectivity index (χ1) is 8.96. The molecule has 1 aliphatic rings. The quantitative estimate of drug-likeness (QED) is 0.900. The minimum atomic E-state index is 0.0830. The molecule has 0 radical (unpaired) electrons. The number of aliphatic hydroxyl groups is 1. The van der Waals surface area contributed by atoms with Crippen LogP contribution in [0.2, 0.25) is 0 Å². The first-order valence-electron chi connectivity index (χ1n) is 7.03. The van der Waals surface area contributed by atoms with E-state index in [1.165, 1.54) is 0 Å². The molecular weight excluding hydrogens is 238 g/mol. The third kappa shape index (κ3) is 3.07. The molecule has 2 heterocycles. The van der Waals surface area contributed by atoms with Gasteiger partial charge in [-0.15, -0.1) is 0 Å². The van der Waals surface area contributed by atoms with Crippen LogP contribution in [0.4, 0.5) is 5.82 Å². The Morgan fingerprint density at radius 1 is 1.32 bits per heavy atom. The maximum atomic E-state index is 9.37. The van der Waals surface area contributed by atoms with Crippen molar-refractivity contribution in [2.24, 2.45) is 0 Å². The zero-order valence-corrected chi connectivity index (χ0v) is 12.5. The van der Waals surface area contributed by atoms with Crippen LogP contribution in [0.3, 0.4) is 0 Å². The molecule has 0 amide bonds. The fourth-order valence-electron chi connectivity index (χ4n) is 2.50. The van der Waals surface area contributed by atoms with Gasteiger partial charge in [0.05, 0.1) is 6.61 Å². The molecule has 0 bridgehead atoms. The molecular formula is C15H25N3O. The third-order valence-corrected chi connectivity index (χ3v) is 4.11. The SMILES string of the molecule is CCc1cc(CO)cc(N2CCN(C)C(C)(C)C2)n1. The van der Waals surface area contributed by atoms with Gasteiger partial charge in [-0.3, -0.25) is 4.90 Å². The van der Waals surface area contributed by atoms with Gasteiger partial charge in [-0.1, -0.05) is 6.92 Å². The van der Waals surface area contributed by atoms with E-state index in [0.717, 1.165) is 43.1 Å². The van der Waals surface area contributed by atoms with Crippen LogP contribution >= 0.6 is 0 Å². The fourth-order valence-corrected chi connectivity index (χ4v) is 2.50. The Balaban J connectivity index is 2.26. The Hall–Kier alpha value is -1.13. The van der Waals surface area contributed by atoms with E-state index in [1.807, 2.05) is 12.1 Å². The van der Waals surface area contributed by atoms with E-state index in [4.69, 9.17) is 4.98 Å². The van der Waals surface area contributed by atoms with Crippen molar-refractivity contribution < 1.29 is 5.11 Å². The fraction of sp³-hybridized carbons (Fsp3) is 0.667. The van der Waals surface area contributed by atoms with Crippen molar-refractivity contribution in [1.29, 1.82) is 0 Å². The average molecular weight is 263 g/mol. The van der Waals surface area contributed by atoms with Crippen molar-refractivity contribution in [3.63, 3.8) is 0 Å². The molecule has 0 saturated carbocycles. The van der Waals surface area contributed by atoms with E-state index in [9.17, 15) is 5.11 Å². The summed E-state index contributed by atoms with van der Waals surface area (Å²) in [4.78, 5) is 9.43. The lowest BCUT2D eigenvalue weighted by Crippen LogP contribution is -2.57. The lowest BCUT2D eigenvalue weighted by Gasteiger charge is -2.45. The van der Waals surface area contributed by atoms with Gasteiger partial charge in [-0.25, -0.2) is 4.98 Å². The van der Waals surface area contributed by atoms with Crippen molar-refractivity contribution in [3.05, 3.63) is 23.4 Å². The highest BCUT2D eigenvalue weighted by molar-refractivity contribution is 5.44. The van der Waals surface area contributed by atoms with Crippen molar-refractivity contribution in [1.82, 2.24) is 9.88 Å². The summed E-state index contributed by atoms with van der Waals surface area (Å²) >= 11 is 0. The van der Waals surface area contributed by atoms with Crippen LogP contribution in [0.5, 0.6) is 0 Å². The molecule has 1 N–H and O–H groups in total. The molecule has 1 aromatic rings. The van der Waals surface area contributed by atoms with Crippen molar-refractivity contribution in [2.75, 3.05) is 31.6 Å². The van der Waals surface area contributed by atoms with Gasteiger partial charge < -0.3 is 10.0 Å². The monoisotopic (exact) mass is 263 g/mol. The zero-order valence-electron chi connectivity index (χ0n) is 12.5. The number of pyridine rings is 1. The van der Waals surface area contributed by atoms with Crippen LogP contribution in [-0.4, -0.2) is 47.2 Å². The number of hydrogen-bond acceptors (Lipinski definition) is 4. The molecule has 1 aliphatic heterocycles. The van der Waals surface area contributed by atoms with Crippen LogP contribution in [-0.2, 0) is 13.0 Å². The second kappa shape index (κ2) is 5.47. The minimum absolute atomic E-state index is 0.0830. The largest absolute Gasteiger partial charge is 0.392 e. The second-order valence-electron chi connectivity index (χ2n) is 5.99. The predicted octanol–water partition coefficient (Wildman–Crippen LogP) is 1.67. The molecule has 1 saturated heterocycles. The Kier molecular flexibility index (Phi) is 4.11. The Morgan fingerprint density at radius 2 is 2.05 bits per heavy atom. The van der Waals surface area contributed by atoms with E-state index in [-0.39, 0.29) is 12.1 Å². The van der Waals surface area contributed by atoms with Crippen molar-refractivity contribution in [2.45, 2.75) is 39.3 Å². The van der Waals surface area contributed by atoms with Gasteiger partial charge in [0.1, 0.15) is 5.82 Å². The van der Waals surface area contributed by atoms with E-state index in [2.05, 4.69) is 37.6 Å². The molecule has 106 valence electrons. The smallest absolute Gasteiger partial charge is 0.129 e. The van der Waals surface area contributed by atoms with E-state index in [0.29, 0.717) is 0 Å². The lowest BCUT2D eigenvalue weighted by atomic mass is 9.99. The molecule has 4 heteroatoms. The summed E-state index contributed by atoms with van der Waals surface area (Å²) in [6, 6.07) is 4.01. The number of piperazine rings is 1. The van der Waals surface area contributed by atoms with E-state index < -0.39 is 0 Å². The molecule has 0 spiro atoms. The molecule has 0 aromatic carbocycles. The summed E-state index contributed by atoms with van der Waals surface area (Å²) in [5.41, 5.74) is 2.17. The molecule has 1 aromatic heterocycles. The molecule has 4 nitrogen and oxygen atoms in total. The summed E-state index contributed by atoms with van der Waals surface area (Å²) in [5, 5.41) is 9.37. The Labute approximate surface area is 116 Å². The number of likely N-dealkylation sites (N-methyl/N-ethyl adjacent to an activating group) is 1. The number of anilines is 1. The van der Waals surface area contributed by atoms with Crippen LogP contribution in [0.25, 0.3) is 0 Å². The number of aryl methyl sites for hydroxylation is 1. The minimum Gasteiger partial charge on any atom is -0.392 e. The van der Waals surface area contributed by atoms with Gasteiger partial charge in [0.15, 0.2) is 0 Å². The van der Waals surface area contributed by atoms with Crippen LogP contribution in [0.1, 0.15) is 32.0 Å². The number of rotatable bonds is 3. The van der Waals surface area contributed by atoms with Gasteiger partial charge in [-0.05, 0) is 45.0 Å². The first-order valence-corrected chi connectivity index (χ1v) is 7.03. The zero-order chi connectivity index (χ0) is 14.0. The topological polar surface area (TPSA) is 39.6 Å². The van der Waals surface area contributed by atoms with Crippen molar-refractivity contribution >= 4 is 5.82 Å². The summed E-state index contributed by atoms with van der Waals surface area (Å²) in [6.07, 6.45) is 0.901. The predicted molar refractivity (Wildman–Crippen MR) is 78.5 cm³/mol. The maximum absolute atomic E-state index is 9.37. The molecule has 0 aliphatic carbocycles. The highest BCUT2D eigenvalue weighted by Gasteiger charge is 2.31. The Morgan fingerprint density at radius 3 is 2.63 bits per heavy atom. The number of aromatic nitrogens is 1. The summed E-state index contributed by atoms with van der Waals surface area (Å²) in [5.74, 6) is 1.00. The van der Waals surface area contributed by atoms with Crippen LogP contribution in [0.15, 0.2) is 12.1 Å². The molecule has 0 unspecified atom stereocenters. The summed E-state index contributed by atoms with van der Waals surface area (Å²) < 4.78 is 0. The normalized spacial score (nSPS) is 19.7. The van der Waals surface area contributed by atoms with Crippen LogP contribution < -0.4 is 4.90 Å². The first kappa shape index (κ1) is 14.3. The number of aliphatic hydroxyl groups excluding tert-OH is 1.